The van der Waals surface area contributed by atoms with Gasteiger partial charge in [0, 0.05) is 19.2 Å². The van der Waals surface area contributed by atoms with Crippen LogP contribution in [0.2, 0.25) is 0 Å². The summed E-state index contributed by atoms with van der Waals surface area (Å²) in [6.07, 6.45) is 0. The van der Waals surface area contributed by atoms with Gasteiger partial charge in [0.25, 0.3) is 10.0 Å². The lowest BCUT2D eigenvalue weighted by Gasteiger charge is -2.21. The van der Waals surface area contributed by atoms with E-state index in [9.17, 15) is 18.5 Å². The second-order valence-electron chi connectivity index (χ2n) is 4.42. The molecule has 0 radical (unpaired) electrons. The third-order valence-corrected chi connectivity index (χ3v) is 5.77. The van der Waals surface area contributed by atoms with E-state index in [1.807, 2.05) is 13.8 Å². The van der Waals surface area contributed by atoms with Crippen molar-refractivity contribution < 1.29 is 13.3 Å². The van der Waals surface area contributed by atoms with Crippen LogP contribution in [0.3, 0.4) is 0 Å². The normalized spacial score (nSPS) is 12.3. The molecule has 0 unspecified atom stereocenters. The molecule has 2 N–H and O–H groups in total. The lowest BCUT2D eigenvalue weighted by atomic mass is 10.2. The van der Waals surface area contributed by atoms with E-state index in [4.69, 9.17) is 5.73 Å². The fraction of sp³-hybridized carbons (Fsp3) is 0.600. The molecule has 0 aliphatic carbocycles. The minimum Gasteiger partial charge on any atom is -0.385 e. The highest BCUT2D eigenvalue weighted by atomic mass is 32.2. The van der Waals surface area contributed by atoms with Gasteiger partial charge in [-0.1, -0.05) is 32.1 Å². The minimum atomic E-state index is -3.71. The first-order valence-corrected chi connectivity index (χ1v) is 7.99. The summed E-state index contributed by atoms with van der Waals surface area (Å²) in [5.41, 5.74) is 5.12. The number of rotatable bonds is 6. The molecule has 1 aromatic heterocycles. The number of nitrogen functional groups attached to an aromatic ring is 1. The van der Waals surface area contributed by atoms with E-state index in [2.05, 4.69) is 0 Å². The number of hydrogen-bond acceptors (Lipinski definition) is 6. The molecule has 0 spiro atoms. The molecule has 0 saturated carbocycles. The first-order chi connectivity index (χ1) is 8.70. The molecule has 0 aliphatic rings. The van der Waals surface area contributed by atoms with Crippen LogP contribution in [-0.2, 0) is 10.0 Å². The SMILES string of the molecule is CCN(CC(C)C)S(=O)(=O)c1cc([N+](=O)[O-])c(N)s1. The van der Waals surface area contributed by atoms with Gasteiger partial charge in [0.1, 0.15) is 4.21 Å². The number of nitrogens with two attached hydrogens (primary N) is 1. The monoisotopic (exact) mass is 307 g/mol. The lowest BCUT2D eigenvalue weighted by Crippen LogP contribution is -2.33. The molecule has 1 rings (SSSR count). The number of hydrogen-bond donors (Lipinski definition) is 1. The third kappa shape index (κ3) is 3.43. The van der Waals surface area contributed by atoms with Crippen LogP contribution in [0.15, 0.2) is 10.3 Å². The molecule has 0 amide bonds. The highest BCUT2D eigenvalue weighted by molar-refractivity contribution is 7.91. The van der Waals surface area contributed by atoms with E-state index >= 15 is 0 Å². The Labute approximate surface area is 116 Å². The lowest BCUT2D eigenvalue weighted by molar-refractivity contribution is -0.383. The second kappa shape index (κ2) is 5.85. The molecule has 108 valence electrons. The zero-order chi connectivity index (χ0) is 14.8. The molecule has 0 saturated heterocycles. The molecule has 7 nitrogen and oxygen atoms in total. The zero-order valence-electron chi connectivity index (χ0n) is 11.0. The van der Waals surface area contributed by atoms with Crippen LogP contribution in [0.5, 0.6) is 0 Å². The number of anilines is 1. The molecular formula is C10H17N3O4S2. The Morgan fingerprint density at radius 2 is 2.11 bits per heavy atom. The quantitative estimate of drug-likeness (QED) is 0.638. The predicted octanol–water partition coefficient (Wildman–Crippen LogP) is 1.91. The van der Waals surface area contributed by atoms with Crippen molar-refractivity contribution in [3.05, 3.63) is 16.2 Å². The predicted molar refractivity (Wildman–Crippen MR) is 74.7 cm³/mol. The van der Waals surface area contributed by atoms with Crippen LogP contribution in [0.1, 0.15) is 20.8 Å². The summed E-state index contributed by atoms with van der Waals surface area (Å²) in [5, 5.41) is 10.6. The van der Waals surface area contributed by atoms with Crippen molar-refractivity contribution in [1.82, 2.24) is 4.31 Å². The summed E-state index contributed by atoms with van der Waals surface area (Å²) in [7, 11) is -3.71. The van der Waals surface area contributed by atoms with Crippen molar-refractivity contribution in [3.63, 3.8) is 0 Å². The average Bonchev–Trinajstić information content (AvgIpc) is 2.68. The van der Waals surface area contributed by atoms with Gasteiger partial charge in [-0.15, -0.1) is 0 Å². The Morgan fingerprint density at radius 3 is 2.47 bits per heavy atom. The van der Waals surface area contributed by atoms with E-state index in [0.717, 1.165) is 17.4 Å². The fourth-order valence-corrected chi connectivity index (χ4v) is 4.56. The van der Waals surface area contributed by atoms with Crippen LogP contribution in [-0.4, -0.2) is 30.7 Å². The molecule has 1 heterocycles. The van der Waals surface area contributed by atoms with Crippen molar-refractivity contribution >= 4 is 32.0 Å². The molecule has 9 heteroatoms. The largest absolute Gasteiger partial charge is 0.385 e. The zero-order valence-corrected chi connectivity index (χ0v) is 12.6. The summed E-state index contributed by atoms with van der Waals surface area (Å²) in [4.78, 5) is 10.0. The standard InChI is InChI=1S/C10H17N3O4S2/c1-4-12(6-7(2)3)19(16,17)9-5-8(13(14)15)10(11)18-9/h5,7H,4,6,11H2,1-3H3. The Bertz CT molecular complexity index is 565. The van der Waals surface area contributed by atoms with Gasteiger partial charge in [-0.05, 0) is 5.92 Å². The maximum Gasteiger partial charge on any atom is 0.304 e. The second-order valence-corrected chi connectivity index (χ2v) is 7.67. The van der Waals surface area contributed by atoms with E-state index in [0.29, 0.717) is 13.1 Å². The number of sulfonamides is 1. The van der Waals surface area contributed by atoms with Gasteiger partial charge in [0.15, 0.2) is 5.00 Å². The molecule has 19 heavy (non-hydrogen) atoms. The smallest absolute Gasteiger partial charge is 0.304 e. The number of nitro groups is 1. The van der Waals surface area contributed by atoms with Gasteiger partial charge < -0.3 is 5.73 Å². The van der Waals surface area contributed by atoms with Crippen LogP contribution in [0, 0.1) is 16.0 Å². The fourth-order valence-electron chi connectivity index (χ4n) is 1.57. The van der Waals surface area contributed by atoms with E-state index in [1.54, 1.807) is 6.92 Å². The van der Waals surface area contributed by atoms with Gasteiger partial charge in [0.05, 0.1) is 4.92 Å². The highest BCUT2D eigenvalue weighted by Crippen LogP contribution is 2.35. The first kappa shape index (κ1) is 15.9. The Kier molecular flexibility index (Phi) is 4.88. The van der Waals surface area contributed by atoms with Crippen molar-refractivity contribution in [2.75, 3.05) is 18.8 Å². The van der Waals surface area contributed by atoms with Gasteiger partial charge in [0.2, 0.25) is 0 Å². The van der Waals surface area contributed by atoms with E-state index in [1.165, 1.54) is 4.31 Å². The number of thiophene rings is 1. The topological polar surface area (TPSA) is 107 Å². The third-order valence-electron chi connectivity index (χ3n) is 2.43. The van der Waals surface area contributed by atoms with Gasteiger partial charge in [-0.25, -0.2) is 8.42 Å². The molecule has 0 atom stereocenters. The Balaban J connectivity index is 3.19. The van der Waals surface area contributed by atoms with E-state index < -0.39 is 14.9 Å². The van der Waals surface area contributed by atoms with Crippen LogP contribution in [0.4, 0.5) is 10.7 Å². The summed E-state index contributed by atoms with van der Waals surface area (Å²) in [6.45, 7) is 6.22. The first-order valence-electron chi connectivity index (χ1n) is 5.74. The summed E-state index contributed by atoms with van der Waals surface area (Å²) >= 11 is 0.727. The van der Waals surface area contributed by atoms with Crippen molar-refractivity contribution in [2.24, 2.45) is 5.92 Å². The van der Waals surface area contributed by atoms with Crippen LogP contribution < -0.4 is 5.73 Å². The summed E-state index contributed by atoms with van der Waals surface area (Å²) < 4.78 is 25.9. The average molecular weight is 307 g/mol. The Hall–Kier alpha value is -1.19. The van der Waals surface area contributed by atoms with Crippen molar-refractivity contribution in [3.8, 4) is 0 Å². The maximum atomic E-state index is 12.3. The molecular weight excluding hydrogens is 290 g/mol. The summed E-state index contributed by atoms with van der Waals surface area (Å²) in [5.74, 6) is 0.169. The molecule has 0 fully saturated rings. The Morgan fingerprint density at radius 1 is 1.53 bits per heavy atom. The molecule has 0 aliphatic heterocycles. The van der Waals surface area contributed by atoms with Crippen LogP contribution >= 0.6 is 11.3 Å². The van der Waals surface area contributed by atoms with E-state index in [-0.39, 0.29) is 20.8 Å². The van der Waals surface area contributed by atoms with Gasteiger partial charge in [-0.3, -0.25) is 10.1 Å². The summed E-state index contributed by atoms with van der Waals surface area (Å²) in [6, 6.07) is 1.03. The highest BCUT2D eigenvalue weighted by Gasteiger charge is 2.29. The number of nitrogens with zero attached hydrogens (tertiary/aromatic N) is 2. The van der Waals surface area contributed by atoms with Crippen molar-refractivity contribution in [2.45, 2.75) is 25.0 Å². The van der Waals surface area contributed by atoms with Gasteiger partial charge in [-0.2, -0.15) is 4.31 Å². The van der Waals surface area contributed by atoms with Crippen molar-refractivity contribution in [1.29, 1.82) is 0 Å². The van der Waals surface area contributed by atoms with Gasteiger partial charge >= 0.3 is 5.69 Å². The molecule has 1 aromatic rings. The molecule has 0 aromatic carbocycles. The minimum absolute atomic E-state index is 0.0841. The molecule has 0 bridgehead atoms. The van der Waals surface area contributed by atoms with Crippen LogP contribution in [0.25, 0.3) is 0 Å². The maximum absolute atomic E-state index is 12.3.